The van der Waals surface area contributed by atoms with Gasteiger partial charge in [-0.15, -0.1) is 5.10 Å². The molecule has 1 aliphatic rings. The molecule has 2 aromatic heterocycles. The lowest BCUT2D eigenvalue weighted by atomic mass is 9.79. The summed E-state index contributed by atoms with van der Waals surface area (Å²) in [6.07, 6.45) is 2.08. The topological polar surface area (TPSA) is 48.7 Å². The first-order chi connectivity index (χ1) is 21.2. The van der Waals surface area contributed by atoms with E-state index in [-0.39, 0.29) is 11.2 Å². The fraction of sp³-hybridized carbons (Fsp3) is 0.158. The second kappa shape index (κ2) is 9.88. The van der Waals surface area contributed by atoms with Crippen LogP contribution in [0.3, 0.4) is 0 Å². The van der Waals surface area contributed by atoms with Gasteiger partial charge in [0.2, 0.25) is 0 Å². The molecule has 7 aromatic rings. The zero-order valence-corrected chi connectivity index (χ0v) is 25.3. The molecule has 0 radical (unpaired) electrons. The van der Waals surface area contributed by atoms with Crippen molar-refractivity contribution in [2.45, 2.75) is 38.9 Å². The second-order valence-corrected chi connectivity index (χ2v) is 12.7. The molecule has 0 atom stereocenters. The van der Waals surface area contributed by atoms with Crippen molar-refractivity contribution in [2.75, 3.05) is 0 Å². The summed E-state index contributed by atoms with van der Waals surface area (Å²) in [5.74, 6) is 0.670. The number of hydrogen-bond acceptors (Lipinski definition) is 4. The van der Waals surface area contributed by atoms with Gasteiger partial charge in [-0.2, -0.15) is 0 Å². The molecule has 1 fully saturated rings. The lowest BCUT2D eigenvalue weighted by molar-refractivity contribution is 0.00578. The predicted octanol–water partition coefficient (Wildman–Crippen LogP) is 8.34. The van der Waals surface area contributed by atoms with E-state index in [0.29, 0.717) is 5.82 Å². The number of pyridine rings is 1. The van der Waals surface area contributed by atoms with Crippen molar-refractivity contribution in [2.24, 2.45) is 0 Å². The van der Waals surface area contributed by atoms with E-state index in [0.717, 1.165) is 38.9 Å². The molecule has 1 aliphatic heterocycles. The van der Waals surface area contributed by atoms with Crippen LogP contribution in [0.15, 0.2) is 121 Å². The molecule has 0 saturated carbocycles. The third kappa shape index (κ3) is 4.50. The number of fused-ring (bicyclic) bond motifs is 3. The van der Waals surface area contributed by atoms with Crippen LogP contribution in [0.25, 0.3) is 60.8 Å². The van der Waals surface area contributed by atoms with Gasteiger partial charge in [-0.3, -0.25) is 0 Å². The molecule has 0 N–H and O–H groups in total. The maximum Gasteiger partial charge on any atom is 0.494 e. The van der Waals surface area contributed by atoms with Crippen LogP contribution in [-0.2, 0) is 9.31 Å². The SMILES string of the molecule is CC1(C)OB(c2ccc(-c3nc4c(-c5ccc6ccccc6c5)cc(-c5ccc6ccccc6c5)cn4n3)cc2)OC1(C)C. The average molecular weight is 574 g/mol. The fourth-order valence-electron chi connectivity index (χ4n) is 5.97. The molecular weight excluding hydrogens is 541 g/mol. The van der Waals surface area contributed by atoms with Crippen LogP contribution in [0.4, 0.5) is 0 Å². The maximum atomic E-state index is 6.26. The molecule has 8 rings (SSSR count). The lowest BCUT2D eigenvalue weighted by Gasteiger charge is -2.32. The number of rotatable bonds is 4. The third-order valence-electron chi connectivity index (χ3n) is 9.27. The number of aromatic nitrogens is 3. The number of nitrogens with zero attached hydrogens (tertiary/aromatic N) is 3. The van der Waals surface area contributed by atoms with Crippen LogP contribution < -0.4 is 5.46 Å². The Kier molecular flexibility index (Phi) is 6.02. The van der Waals surface area contributed by atoms with E-state index < -0.39 is 7.12 Å². The maximum absolute atomic E-state index is 6.26. The molecule has 0 aliphatic carbocycles. The van der Waals surface area contributed by atoms with Crippen LogP contribution >= 0.6 is 0 Å². The zero-order chi connectivity index (χ0) is 30.1. The first-order valence-corrected chi connectivity index (χ1v) is 15.1. The highest BCUT2D eigenvalue weighted by molar-refractivity contribution is 6.62. The van der Waals surface area contributed by atoms with E-state index in [1.807, 2.05) is 16.6 Å². The Labute approximate surface area is 257 Å². The van der Waals surface area contributed by atoms with Crippen LogP contribution in [0.1, 0.15) is 27.7 Å². The van der Waals surface area contributed by atoms with Crippen LogP contribution in [-0.4, -0.2) is 32.9 Å². The predicted molar refractivity (Wildman–Crippen MR) is 180 cm³/mol. The van der Waals surface area contributed by atoms with Crippen LogP contribution in [0, 0.1) is 0 Å². The van der Waals surface area contributed by atoms with Gasteiger partial charge in [0.1, 0.15) is 0 Å². The first-order valence-electron chi connectivity index (χ1n) is 15.1. The first kappa shape index (κ1) is 26.8. The summed E-state index contributed by atoms with van der Waals surface area (Å²) >= 11 is 0. The van der Waals surface area contributed by atoms with Gasteiger partial charge in [0.25, 0.3) is 0 Å². The lowest BCUT2D eigenvalue weighted by Crippen LogP contribution is -2.41. The number of hydrogen-bond donors (Lipinski definition) is 0. The summed E-state index contributed by atoms with van der Waals surface area (Å²) < 4.78 is 14.4. The molecular formula is C38H32BN3O2. The van der Waals surface area contributed by atoms with E-state index in [1.165, 1.54) is 21.5 Å². The van der Waals surface area contributed by atoms with Crippen molar-refractivity contribution in [3.05, 3.63) is 121 Å². The summed E-state index contributed by atoms with van der Waals surface area (Å²) in [5, 5.41) is 9.83. The van der Waals surface area contributed by atoms with Gasteiger partial charge >= 0.3 is 7.12 Å². The summed E-state index contributed by atoms with van der Waals surface area (Å²) in [6, 6.07) is 40.5. The summed E-state index contributed by atoms with van der Waals surface area (Å²) in [4.78, 5) is 5.09. The van der Waals surface area contributed by atoms with E-state index in [9.17, 15) is 0 Å². The normalized spacial score (nSPS) is 15.9. The molecule has 5 aromatic carbocycles. The molecule has 0 spiro atoms. The van der Waals surface area contributed by atoms with Crippen molar-refractivity contribution < 1.29 is 9.31 Å². The van der Waals surface area contributed by atoms with Gasteiger partial charge in [0, 0.05) is 22.9 Å². The van der Waals surface area contributed by atoms with E-state index in [2.05, 4.69) is 137 Å². The van der Waals surface area contributed by atoms with Gasteiger partial charge in [0.15, 0.2) is 11.5 Å². The van der Waals surface area contributed by atoms with Crippen molar-refractivity contribution in [1.82, 2.24) is 14.6 Å². The number of benzene rings is 5. The van der Waals surface area contributed by atoms with Crippen molar-refractivity contribution in [1.29, 1.82) is 0 Å². The minimum atomic E-state index is -0.410. The third-order valence-corrected chi connectivity index (χ3v) is 9.27. The summed E-state index contributed by atoms with van der Waals surface area (Å²) in [7, 11) is -0.410. The van der Waals surface area contributed by atoms with Crippen molar-refractivity contribution in [3.8, 4) is 33.6 Å². The smallest absolute Gasteiger partial charge is 0.399 e. The molecule has 0 unspecified atom stereocenters. The van der Waals surface area contributed by atoms with Crippen molar-refractivity contribution >= 4 is 39.8 Å². The largest absolute Gasteiger partial charge is 0.494 e. The monoisotopic (exact) mass is 573 g/mol. The van der Waals surface area contributed by atoms with Gasteiger partial charge in [0.05, 0.1) is 11.2 Å². The van der Waals surface area contributed by atoms with Gasteiger partial charge in [-0.25, -0.2) is 9.50 Å². The Morgan fingerprint density at radius 3 is 1.75 bits per heavy atom. The van der Waals surface area contributed by atoms with Crippen LogP contribution in [0.5, 0.6) is 0 Å². The average Bonchev–Trinajstić information content (AvgIpc) is 3.57. The highest BCUT2D eigenvalue weighted by atomic mass is 16.7. The molecule has 3 heterocycles. The Hall–Kier alpha value is -4.78. The quantitative estimate of drug-likeness (QED) is 0.199. The minimum absolute atomic E-state index is 0.387. The molecule has 214 valence electrons. The Morgan fingerprint density at radius 1 is 0.568 bits per heavy atom. The molecule has 0 amide bonds. The van der Waals surface area contributed by atoms with E-state index >= 15 is 0 Å². The molecule has 1 saturated heterocycles. The molecule has 0 bridgehead atoms. The van der Waals surface area contributed by atoms with Gasteiger partial charge < -0.3 is 9.31 Å². The molecule has 5 nitrogen and oxygen atoms in total. The van der Waals surface area contributed by atoms with Crippen molar-refractivity contribution in [3.63, 3.8) is 0 Å². The van der Waals surface area contributed by atoms with Crippen LogP contribution in [0.2, 0.25) is 0 Å². The molecule has 44 heavy (non-hydrogen) atoms. The minimum Gasteiger partial charge on any atom is -0.399 e. The highest BCUT2D eigenvalue weighted by Gasteiger charge is 2.51. The Balaban J connectivity index is 1.24. The fourth-order valence-corrected chi connectivity index (χ4v) is 5.97. The summed E-state index contributed by atoms with van der Waals surface area (Å²) in [6.45, 7) is 8.28. The van der Waals surface area contributed by atoms with E-state index in [4.69, 9.17) is 19.4 Å². The van der Waals surface area contributed by atoms with Gasteiger partial charge in [-0.1, -0.05) is 97.1 Å². The summed E-state index contributed by atoms with van der Waals surface area (Å²) in [5.41, 5.74) is 6.31. The Morgan fingerprint density at radius 2 is 1.11 bits per heavy atom. The highest BCUT2D eigenvalue weighted by Crippen LogP contribution is 2.37. The second-order valence-electron chi connectivity index (χ2n) is 12.7. The molecule has 6 heteroatoms. The standard InChI is InChI=1S/C38H32BN3O2/c1-37(2)38(3,4)44-39(43-37)33-19-17-27(18-20-33)35-40-36-34(31-16-14-26-10-6-8-12-29(26)22-31)23-32(24-42(36)41-35)30-15-13-25-9-5-7-11-28(25)21-30/h5-24H,1-4H3. The van der Waals surface area contributed by atoms with Gasteiger partial charge in [-0.05, 0) is 84.0 Å². The van der Waals surface area contributed by atoms with E-state index in [1.54, 1.807) is 0 Å². The zero-order valence-electron chi connectivity index (χ0n) is 25.3. The Bertz CT molecular complexity index is 2180.